The highest BCUT2D eigenvalue weighted by Gasteiger charge is 2.29. The first kappa shape index (κ1) is 32.7. The van der Waals surface area contributed by atoms with Gasteiger partial charge in [-0.15, -0.1) is 51.4 Å². The first-order chi connectivity index (χ1) is 19.1. The third-order valence-electron chi connectivity index (χ3n) is 4.74. The molecule has 1 unspecified atom stereocenters. The Labute approximate surface area is 248 Å². The molecule has 0 bridgehead atoms. The predicted octanol–water partition coefficient (Wildman–Crippen LogP) is 6.15. The van der Waals surface area contributed by atoms with Crippen LogP contribution in [0.4, 0.5) is 13.2 Å². The number of sulfonamides is 1. The van der Waals surface area contributed by atoms with E-state index >= 15 is 0 Å². The Morgan fingerprint density at radius 2 is 1.78 bits per heavy atom. The number of benzene rings is 2. The zero-order chi connectivity index (χ0) is 30.6. The minimum absolute atomic E-state index is 0.154. The molecule has 19 heteroatoms. The van der Waals surface area contributed by atoms with Crippen LogP contribution in [0.5, 0.6) is 0 Å². The zero-order valence-corrected chi connectivity index (χ0v) is 25.6. The van der Waals surface area contributed by atoms with Gasteiger partial charge in [0.05, 0.1) is 23.8 Å². The van der Waals surface area contributed by atoms with Crippen LogP contribution < -0.4 is 5.73 Å². The number of hydrogen-bond donors (Lipinski definition) is 3. The maximum Gasteiger partial charge on any atom is 0.549 e. The van der Waals surface area contributed by atoms with Crippen LogP contribution in [0, 0.1) is 12.3 Å². The summed E-state index contributed by atoms with van der Waals surface area (Å²) in [5.41, 5.74) is 6.05. The fourth-order valence-electron chi connectivity index (χ4n) is 3.06. The van der Waals surface area contributed by atoms with Gasteiger partial charge in [0.15, 0.2) is 0 Å². The fourth-order valence-corrected chi connectivity index (χ4v) is 10.2. The molecular weight excluding hydrogens is 695 g/mol. The SMILES string of the molecule is CSc1sc(C(=N)N)cc1S(=O)(=NS(=O)(=O)c1cccc(-c2nnc(C)o2)c1)c1cccc(Br)c1.OOC(F)(F)F. The van der Waals surface area contributed by atoms with Gasteiger partial charge >= 0.3 is 6.36 Å². The number of thiophene rings is 1. The van der Waals surface area contributed by atoms with Crippen LogP contribution in [0.1, 0.15) is 10.8 Å². The summed E-state index contributed by atoms with van der Waals surface area (Å²) in [6, 6.07) is 13.8. The highest BCUT2D eigenvalue weighted by atomic mass is 79.9. The molecule has 41 heavy (non-hydrogen) atoms. The van der Waals surface area contributed by atoms with Crippen molar-refractivity contribution in [3.8, 4) is 11.5 Å². The summed E-state index contributed by atoms with van der Waals surface area (Å²) >= 11 is 5.79. The van der Waals surface area contributed by atoms with Crippen molar-refractivity contribution in [2.24, 2.45) is 9.50 Å². The first-order valence-corrected chi connectivity index (χ1v) is 16.5. The summed E-state index contributed by atoms with van der Waals surface area (Å²) in [7, 11) is -8.14. The number of aromatic nitrogens is 2. The molecule has 0 saturated carbocycles. The Kier molecular flexibility index (Phi) is 10.4. The van der Waals surface area contributed by atoms with Crippen LogP contribution in [0.2, 0.25) is 0 Å². The number of alkyl halides is 3. The van der Waals surface area contributed by atoms with Gasteiger partial charge in [-0.2, -0.15) is 8.42 Å². The number of nitrogens with two attached hydrogens (primary N) is 1. The minimum atomic E-state index is -4.90. The summed E-state index contributed by atoms with van der Waals surface area (Å²) in [4.78, 5) is 2.51. The van der Waals surface area contributed by atoms with Crippen molar-refractivity contribution < 1.29 is 40.4 Å². The average molecular weight is 715 g/mol. The van der Waals surface area contributed by atoms with Crippen molar-refractivity contribution in [3.05, 3.63) is 69.8 Å². The standard InChI is InChI=1S/C21H18BrN5O4S4.CHF3O2/c1-12-25-26-20(31-12)13-5-3-8-16(9-13)35(29,30)27-34(28,15-7-4-6-14(22)10-15)18-11-17(19(23)24)33-21(18)32-2;2-1(3,4)6-5/h3-11H,1-2H3,(H3,23,24);5H. The van der Waals surface area contributed by atoms with E-state index in [-0.39, 0.29) is 26.4 Å². The molecule has 4 aromatic rings. The van der Waals surface area contributed by atoms with Gasteiger partial charge < -0.3 is 10.2 Å². The van der Waals surface area contributed by atoms with E-state index in [4.69, 9.17) is 20.8 Å². The Morgan fingerprint density at radius 1 is 1.15 bits per heavy atom. The topological polar surface area (TPSA) is 182 Å². The van der Waals surface area contributed by atoms with Gasteiger partial charge in [0.2, 0.25) is 11.8 Å². The molecule has 2 aromatic carbocycles. The van der Waals surface area contributed by atoms with E-state index in [0.717, 1.165) is 11.3 Å². The van der Waals surface area contributed by atoms with Crippen molar-refractivity contribution in [2.75, 3.05) is 6.26 Å². The van der Waals surface area contributed by atoms with E-state index in [1.54, 1.807) is 43.5 Å². The Morgan fingerprint density at radius 3 is 2.32 bits per heavy atom. The van der Waals surface area contributed by atoms with Gasteiger partial charge in [0.25, 0.3) is 10.0 Å². The number of halogens is 4. The second-order valence-corrected chi connectivity index (χ2v) is 14.6. The molecule has 4 N–H and O–H groups in total. The molecule has 1 atom stereocenters. The monoisotopic (exact) mass is 713 g/mol. The summed E-state index contributed by atoms with van der Waals surface area (Å²) in [5, 5.41) is 22.3. The third kappa shape index (κ3) is 8.15. The van der Waals surface area contributed by atoms with Crippen molar-refractivity contribution >= 4 is 64.6 Å². The normalized spacial score (nSPS) is 13.1. The molecule has 0 amide bonds. The van der Waals surface area contributed by atoms with E-state index in [1.807, 2.05) is 4.89 Å². The molecule has 0 aliphatic carbocycles. The average Bonchev–Trinajstić information content (AvgIpc) is 3.55. The van der Waals surface area contributed by atoms with Crippen molar-refractivity contribution in [3.63, 3.8) is 0 Å². The zero-order valence-electron chi connectivity index (χ0n) is 20.7. The number of nitrogens with zero attached hydrogens (tertiary/aromatic N) is 3. The van der Waals surface area contributed by atoms with Crippen LogP contribution in [0.3, 0.4) is 0 Å². The molecule has 0 spiro atoms. The van der Waals surface area contributed by atoms with Crippen LogP contribution in [0.25, 0.3) is 11.5 Å². The fraction of sp³-hybridized carbons (Fsp3) is 0.136. The number of amidine groups is 1. The lowest BCUT2D eigenvalue weighted by molar-refractivity contribution is -0.464. The number of aryl methyl sites for hydroxylation is 1. The van der Waals surface area contributed by atoms with Crippen molar-refractivity contribution in [1.82, 2.24) is 10.2 Å². The van der Waals surface area contributed by atoms with Gasteiger partial charge in [-0.3, -0.25) is 5.41 Å². The molecule has 2 heterocycles. The van der Waals surface area contributed by atoms with E-state index in [2.05, 4.69) is 29.9 Å². The number of hydrogen-bond acceptors (Lipinski definition) is 11. The van der Waals surface area contributed by atoms with Crippen LogP contribution in [0.15, 0.2) is 86.2 Å². The smallest absolute Gasteiger partial charge is 0.421 e. The van der Waals surface area contributed by atoms with E-state index in [1.165, 1.54) is 36.0 Å². The lowest BCUT2D eigenvalue weighted by Gasteiger charge is -2.12. The summed E-state index contributed by atoms with van der Waals surface area (Å²) in [5.74, 6) is 0.276. The van der Waals surface area contributed by atoms with Gasteiger partial charge in [0, 0.05) is 17.0 Å². The summed E-state index contributed by atoms with van der Waals surface area (Å²) < 4.78 is 83.1. The van der Waals surface area contributed by atoms with Crippen molar-refractivity contribution in [1.29, 1.82) is 5.41 Å². The van der Waals surface area contributed by atoms with E-state index in [9.17, 15) is 25.8 Å². The van der Waals surface area contributed by atoms with Crippen LogP contribution in [-0.4, -0.2) is 46.5 Å². The second kappa shape index (κ2) is 13.0. The van der Waals surface area contributed by atoms with Crippen LogP contribution >= 0.6 is 39.0 Å². The third-order valence-corrected chi connectivity index (χ3v) is 12.1. The Hall–Kier alpha value is -2.81. The molecular formula is C22H19BrF3N5O6S4. The predicted molar refractivity (Wildman–Crippen MR) is 150 cm³/mol. The van der Waals surface area contributed by atoms with Crippen LogP contribution in [-0.2, 0) is 24.6 Å². The Bertz CT molecular complexity index is 1800. The molecule has 0 aliphatic heterocycles. The van der Waals surface area contributed by atoms with E-state index < -0.39 is 26.1 Å². The summed E-state index contributed by atoms with van der Waals surface area (Å²) in [6.07, 6.45) is -3.13. The largest absolute Gasteiger partial charge is 0.549 e. The summed E-state index contributed by atoms with van der Waals surface area (Å²) in [6.45, 7) is 1.62. The highest BCUT2D eigenvalue weighted by molar-refractivity contribution is 9.10. The van der Waals surface area contributed by atoms with Gasteiger partial charge in [-0.05, 0) is 48.7 Å². The molecule has 0 fully saturated rings. The molecule has 220 valence electrons. The van der Waals surface area contributed by atoms with Gasteiger partial charge in [0.1, 0.15) is 15.6 Å². The minimum Gasteiger partial charge on any atom is -0.421 e. The number of nitrogen functional groups attached to an aromatic ring is 1. The van der Waals surface area contributed by atoms with Gasteiger partial charge in [-0.25, -0.2) is 9.47 Å². The Balaban J connectivity index is 0.000000696. The molecule has 0 radical (unpaired) electrons. The quantitative estimate of drug-likeness (QED) is 0.0661. The number of thioether (sulfide) groups is 1. The lowest BCUT2D eigenvalue weighted by atomic mass is 10.2. The molecule has 4 rings (SSSR count). The number of nitrogens with one attached hydrogen (secondary N) is 1. The molecule has 2 aromatic heterocycles. The second-order valence-electron chi connectivity index (χ2n) is 7.60. The molecule has 0 aliphatic rings. The maximum absolute atomic E-state index is 14.6. The lowest BCUT2D eigenvalue weighted by Crippen LogP contribution is -2.10. The van der Waals surface area contributed by atoms with Crippen molar-refractivity contribution in [2.45, 2.75) is 32.2 Å². The van der Waals surface area contributed by atoms with Gasteiger partial charge in [-0.1, -0.05) is 31.8 Å². The highest BCUT2D eigenvalue weighted by Crippen LogP contribution is 2.39. The molecule has 0 saturated heterocycles. The first-order valence-electron chi connectivity index (χ1n) is 10.7. The molecule has 11 nitrogen and oxygen atoms in total. The maximum atomic E-state index is 14.6. The van der Waals surface area contributed by atoms with E-state index in [0.29, 0.717) is 25.0 Å². The number of rotatable bonds is 7.